The van der Waals surface area contributed by atoms with Gasteiger partial charge in [-0.2, -0.15) is 0 Å². The molecular formula is C15H14Cl2N4O. The highest BCUT2D eigenvalue weighted by atomic mass is 35.5. The highest BCUT2D eigenvalue weighted by Gasteiger charge is 2.16. The summed E-state index contributed by atoms with van der Waals surface area (Å²) in [6, 6.07) is 5.07. The van der Waals surface area contributed by atoms with E-state index in [4.69, 9.17) is 23.2 Å². The van der Waals surface area contributed by atoms with Crippen molar-refractivity contribution >= 4 is 40.7 Å². The predicted octanol–water partition coefficient (Wildman–Crippen LogP) is 3.64. The van der Waals surface area contributed by atoms with Gasteiger partial charge in [-0.25, -0.2) is 9.97 Å². The van der Waals surface area contributed by atoms with Crippen molar-refractivity contribution in [2.45, 2.75) is 12.8 Å². The van der Waals surface area contributed by atoms with Gasteiger partial charge in [-0.05, 0) is 25.0 Å². The van der Waals surface area contributed by atoms with Crippen LogP contribution in [0.4, 0.5) is 11.6 Å². The maximum Gasteiger partial charge on any atom is 0.258 e. The fourth-order valence-electron chi connectivity index (χ4n) is 2.31. The van der Waals surface area contributed by atoms with Crippen molar-refractivity contribution in [2.75, 3.05) is 23.3 Å². The van der Waals surface area contributed by atoms with Crippen LogP contribution in [-0.2, 0) is 0 Å². The van der Waals surface area contributed by atoms with Crippen LogP contribution in [-0.4, -0.2) is 29.0 Å². The molecule has 1 saturated heterocycles. The minimum absolute atomic E-state index is 0.312. The van der Waals surface area contributed by atoms with Gasteiger partial charge in [0.2, 0.25) is 5.95 Å². The lowest BCUT2D eigenvalue weighted by Gasteiger charge is -2.14. The lowest BCUT2D eigenvalue weighted by molar-refractivity contribution is 0.102. The monoisotopic (exact) mass is 336 g/mol. The van der Waals surface area contributed by atoms with E-state index in [0.717, 1.165) is 25.9 Å². The number of carbonyl (C=O) groups excluding carboxylic acids is 1. The second-order valence-electron chi connectivity index (χ2n) is 5.02. The Bertz CT molecular complexity index is 684. The SMILES string of the molecule is O=C(Nc1cccc(Cl)c1Cl)c1cnc(N2CCCC2)nc1. The number of nitrogens with one attached hydrogen (secondary N) is 1. The number of hydrogen-bond acceptors (Lipinski definition) is 4. The lowest BCUT2D eigenvalue weighted by atomic mass is 10.2. The number of benzene rings is 1. The van der Waals surface area contributed by atoms with Gasteiger partial charge in [0.05, 0.1) is 21.3 Å². The summed E-state index contributed by atoms with van der Waals surface area (Å²) in [5.74, 6) is 0.340. The molecule has 1 aromatic heterocycles. The third kappa shape index (κ3) is 3.15. The van der Waals surface area contributed by atoms with Crippen LogP contribution in [0.5, 0.6) is 0 Å². The summed E-state index contributed by atoms with van der Waals surface area (Å²) in [6.45, 7) is 1.92. The van der Waals surface area contributed by atoms with E-state index in [9.17, 15) is 4.79 Å². The molecule has 2 heterocycles. The van der Waals surface area contributed by atoms with Crippen LogP contribution in [0.15, 0.2) is 30.6 Å². The summed E-state index contributed by atoms with van der Waals surface area (Å²) >= 11 is 12.0. The molecule has 0 radical (unpaired) electrons. The van der Waals surface area contributed by atoms with Crippen molar-refractivity contribution in [1.82, 2.24) is 9.97 Å². The highest BCUT2D eigenvalue weighted by Crippen LogP contribution is 2.29. The van der Waals surface area contributed by atoms with Crippen LogP contribution in [0.3, 0.4) is 0 Å². The predicted molar refractivity (Wildman–Crippen MR) is 87.9 cm³/mol. The molecule has 114 valence electrons. The minimum atomic E-state index is -0.322. The molecule has 1 aromatic carbocycles. The van der Waals surface area contributed by atoms with E-state index in [2.05, 4.69) is 20.2 Å². The van der Waals surface area contributed by atoms with E-state index in [1.807, 2.05) is 0 Å². The zero-order chi connectivity index (χ0) is 15.5. The van der Waals surface area contributed by atoms with Gasteiger partial charge in [0.25, 0.3) is 5.91 Å². The van der Waals surface area contributed by atoms with Gasteiger partial charge < -0.3 is 10.2 Å². The van der Waals surface area contributed by atoms with Crippen molar-refractivity contribution in [2.24, 2.45) is 0 Å². The number of anilines is 2. The van der Waals surface area contributed by atoms with E-state index in [0.29, 0.717) is 27.2 Å². The molecule has 1 aliphatic rings. The Morgan fingerprint density at radius 2 is 1.82 bits per heavy atom. The smallest absolute Gasteiger partial charge is 0.258 e. The number of amides is 1. The first kappa shape index (κ1) is 15.1. The Kier molecular flexibility index (Phi) is 4.45. The fourth-order valence-corrected chi connectivity index (χ4v) is 2.66. The Hall–Kier alpha value is -1.85. The van der Waals surface area contributed by atoms with Gasteiger partial charge in [0.15, 0.2) is 0 Å². The first-order valence-corrected chi connectivity index (χ1v) is 7.73. The van der Waals surface area contributed by atoms with Crippen molar-refractivity contribution in [3.63, 3.8) is 0 Å². The first-order chi connectivity index (χ1) is 10.6. The Morgan fingerprint density at radius 1 is 1.14 bits per heavy atom. The largest absolute Gasteiger partial charge is 0.341 e. The van der Waals surface area contributed by atoms with Crippen molar-refractivity contribution in [3.8, 4) is 0 Å². The second-order valence-corrected chi connectivity index (χ2v) is 5.81. The van der Waals surface area contributed by atoms with Crippen LogP contribution in [0.2, 0.25) is 10.0 Å². The quantitative estimate of drug-likeness (QED) is 0.929. The Morgan fingerprint density at radius 3 is 2.50 bits per heavy atom. The minimum Gasteiger partial charge on any atom is -0.341 e. The summed E-state index contributed by atoms with van der Waals surface area (Å²) in [5, 5.41) is 3.41. The molecule has 2 aromatic rings. The first-order valence-electron chi connectivity index (χ1n) is 6.97. The third-order valence-corrected chi connectivity index (χ3v) is 4.31. The van der Waals surface area contributed by atoms with Crippen LogP contribution in [0, 0.1) is 0 Å². The summed E-state index contributed by atoms with van der Waals surface area (Å²) in [5.41, 5.74) is 0.835. The van der Waals surface area contributed by atoms with Gasteiger partial charge in [-0.1, -0.05) is 29.3 Å². The zero-order valence-corrected chi connectivity index (χ0v) is 13.2. The molecule has 5 nitrogen and oxygen atoms in total. The number of aromatic nitrogens is 2. The summed E-state index contributed by atoms with van der Waals surface area (Å²) in [4.78, 5) is 22.8. The second kappa shape index (κ2) is 6.50. The molecule has 22 heavy (non-hydrogen) atoms. The van der Waals surface area contributed by atoms with Crippen LogP contribution in [0.25, 0.3) is 0 Å². The Balaban J connectivity index is 1.73. The van der Waals surface area contributed by atoms with E-state index in [1.54, 1.807) is 18.2 Å². The maximum absolute atomic E-state index is 12.2. The van der Waals surface area contributed by atoms with E-state index in [1.165, 1.54) is 12.4 Å². The summed E-state index contributed by atoms with van der Waals surface area (Å²) in [7, 11) is 0. The molecule has 0 saturated carbocycles. The van der Waals surface area contributed by atoms with Gasteiger partial charge in [0, 0.05) is 25.5 Å². The number of rotatable bonds is 3. The molecule has 0 unspecified atom stereocenters. The molecule has 0 aliphatic carbocycles. The molecule has 1 N–H and O–H groups in total. The lowest BCUT2D eigenvalue weighted by Crippen LogP contribution is -2.21. The fraction of sp³-hybridized carbons (Fsp3) is 0.267. The molecule has 3 rings (SSSR count). The number of carbonyl (C=O) groups is 1. The third-order valence-electron chi connectivity index (χ3n) is 3.49. The molecule has 7 heteroatoms. The Labute approximate surface area is 138 Å². The normalized spacial score (nSPS) is 14.2. The van der Waals surface area contributed by atoms with Gasteiger partial charge in [-0.15, -0.1) is 0 Å². The molecule has 0 spiro atoms. The van der Waals surface area contributed by atoms with Crippen molar-refractivity contribution in [1.29, 1.82) is 0 Å². The molecular weight excluding hydrogens is 323 g/mol. The number of hydrogen-bond donors (Lipinski definition) is 1. The molecule has 0 atom stereocenters. The average Bonchev–Trinajstić information content (AvgIpc) is 3.06. The molecule has 1 fully saturated rings. The van der Waals surface area contributed by atoms with Crippen LogP contribution < -0.4 is 10.2 Å². The number of nitrogens with zero attached hydrogens (tertiary/aromatic N) is 3. The van der Waals surface area contributed by atoms with Crippen LogP contribution in [0.1, 0.15) is 23.2 Å². The molecule has 1 aliphatic heterocycles. The van der Waals surface area contributed by atoms with Gasteiger partial charge in [-0.3, -0.25) is 4.79 Å². The molecule has 0 bridgehead atoms. The van der Waals surface area contributed by atoms with E-state index < -0.39 is 0 Å². The topological polar surface area (TPSA) is 58.1 Å². The van der Waals surface area contributed by atoms with Crippen molar-refractivity contribution < 1.29 is 4.79 Å². The highest BCUT2D eigenvalue weighted by molar-refractivity contribution is 6.44. The van der Waals surface area contributed by atoms with E-state index in [-0.39, 0.29) is 5.91 Å². The molecule has 1 amide bonds. The van der Waals surface area contributed by atoms with Gasteiger partial charge in [0.1, 0.15) is 0 Å². The van der Waals surface area contributed by atoms with Crippen LogP contribution >= 0.6 is 23.2 Å². The van der Waals surface area contributed by atoms with Crippen molar-refractivity contribution in [3.05, 3.63) is 46.2 Å². The standard InChI is InChI=1S/C15H14Cl2N4O/c16-11-4-3-5-12(13(11)17)20-14(22)10-8-18-15(19-9-10)21-6-1-2-7-21/h3-5,8-9H,1-2,6-7H2,(H,20,22). The number of halogens is 2. The maximum atomic E-state index is 12.2. The van der Waals surface area contributed by atoms with E-state index >= 15 is 0 Å². The summed E-state index contributed by atoms with van der Waals surface area (Å²) in [6.07, 6.45) is 5.35. The average molecular weight is 337 g/mol. The summed E-state index contributed by atoms with van der Waals surface area (Å²) < 4.78 is 0. The zero-order valence-electron chi connectivity index (χ0n) is 11.7. The van der Waals surface area contributed by atoms with Gasteiger partial charge >= 0.3 is 0 Å².